The van der Waals surface area contributed by atoms with Crippen molar-refractivity contribution in [1.82, 2.24) is 0 Å². The second-order valence-corrected chi connectivity index (χ2v) is 21.0. The number of allylic oxidation sites excluding steroid dienone is 11. The lowest BCUT2D eigenvalue weighted by Crippen LogP contribution is -2.61. The Hall–Kier alpha value is -3.84. The first kappa shape index (κ1) is 71.2. The van der Waals surface area contributed by atoms with Crippen LogP contribution >= 0.6 is 0 Å². The molecule has 1 heterocycles. The summed E-state index contributed by atoms with van der Waals surface area (Å²) in [4.78, 5) is 51.1. The van der Waals surface area contributed by atoms with Gasteiger partial charge in [0.25, 0.3) is 0 Å². The van der Waals surface area contributed by atoms with E-state index < -0.39 is 67.3 Å². The number of rotatable bonds is 52. The minimum Gasteiger partial charge on any atom is -0.479 e. The number of esters is 3. The molecule has 442 valence electrons. The van der Waals surface area contributed by atoms with E-state index in [1.54, 1.807) is 12.2 Å². The van der Waals surface area contributed by atoms with E-state index in [2.05, 4.69) is 69.4 Å². The highest BCUT2D eigenvalue weighted by atomic mass is 16.7. The number of aliphatic carboxylic acids is 1. The first-order valence-corrected chi connectivity index (χ1v) is 30.9. The number of aliphatic hydroxyl groups excluding tert-OH is 2. The number of carboxylic acids is 1. The molecule has 6 unspecified atom stereocenters. The van der Waals surface area contributed by atoms with Gasteiger partial charge in [0.1, 0.15) is 18.8 Å². The van der Waals surface area contributed by atoms with Gasteiger partial charge >= 0.3 is 23.9 Å². The van der Waals surface area contributed by atoms with Crippen LogP contribution in [0.4, 0.5) is 0 Å². The first-order chi connectivity index (χ1) is 37.6. The predicted molar refractivity (Wildman–Crippen MR) is 312 cm³/mol. The summed E-state index contributed by atoms with van der Waals surface area (Å²) in [6, 6.07) is 0. The van der Waals surface area contributed by atoms with E-state index in [9.17, 15) is 34.5 Å². The van der Waals surface area contributed by atoms with Gasteiger partial charge in [-0.15, -0.1) is 0 Å². The molecule has 0 amide bonds. The third-order valence-corrected chi connectivity index (χ3v) is 13.8. The monoisotopic (exact) mass is 1080 g/mol. The summed E-state index contributed by atoms with van der Waals surface area (Å²) in [6.07, 6.45) is 54.7. The smallest absolute Gasteiger partial charge is 0.335 e. The number of hydrogen-bond donors (Lipinski definition) is 3. The van der Waals surface area contributed by atoms with Crippen molar-refractivity contribution in [3.8, 4) is 0 Å². The van der Waals surface area contributed by atoms with Crippen LogP contribution in [0.5, 0.6) is 0 Å². The Morgan fingerprint density at radius 1 is 0.455 bits per heavy atom. The molecule has 1 aliphatic heterocycles. The van der Waals surface area contributed by atoms with Crippen molar-refractivity contribution < 1.29 is 58.2 Å². The number of hydrogen-bond acceptors (Lipinski definition) is 11. The average Bonchev–Trinajstić information content (AvgIpc) is 3.42. The molecule has 1 fully saturated rings. The van der Waals surface area contributed by atoms with Crippen LogP contribution in [-0.4, -0.2) is 89.2 Å². The molecule has 0 aromatic heterocycles. The van der Waals surface area contributed by atoms with Gasteiger partial charge in [0, 0.05) is 12.8 Å². The molecular weight excluding hydrogens is 973 g/mol. The molecule has 0 aromatic rings. The van der Waals surface area contributed by atoms with Crippen LogP contribution in [0.25, 0.3) is 0 Å². The van der Waals surface area contributed by atoms with E-state index >= 15 is 0 Å². The van der Waals surface area contributed by atoms with Gasteiger partial charge in [0.2, 0.25) is 0 Å². The van der Waals surface area contributed by atoms with E-state index in [0.717, 1.165) is 83.5 Å². The maximum atomic E-state index is 13.1. The fourth-order valence-corrected chi connectivity index (χ4v) is 9.09. The van der Waals surface area contributed by atoms with Gasteiger partial charge in [-0.1, -0.05) is 248 Å². The summed E-state index contributed by atoms with van der Waals surface area (Å²) in [5, 5.41) is 31.5. The highest BCUT2D eigenvalue weighted by Gasteiger charge is 2.50. The van der Waals surface area contributed by atoms with Gasteiger partial charge < -0.3 is 39.0 Å². The van der Waals surface area contributed by atoms with Gasteiger partial charge in [-0.2, -0.15) is 0 Å². The minimum atomic E-state index is -1.94. The van der Waals surface area contributed by atoms with Crippen LogP contribution in [0.15, 0.2) is 72.9 Å². The molecule has 1 aliphatic rings. The summed E-state index contributed by atoms with van der Waals surface area (Å²) in [5.74, 6) is -3.28. The number of unbranched alkanes of at least 4 members (excludes halogenated alkanes) is 27. The molecule has 3 N–H and O–H groups in total. The lowest BCUT2D eigenvalue weighted by molar-refractivity contribution is -0.301. The molecule has 12 heteroatoms. The topological polar surface area (TPSA) is 175 Å². The molecule has 1 rings (SSSR count). The normalized spacial score (nSPS) is 18.5. The van der Waals surface area contributed by atoms with Gasteiger partial charge in [-0.25, -0.2) is 4.79 Å². The molecule has 0 bridgehead atoms. The Morgan fingerprint density at radius 2 is 0.857 bits per heavy atom. The average molecular weight is 1080 g/mol. The number of carboxylic acid groups (broad SMARTS) is 1. The molecule has 12 nitrogen and oxygen atoms in total. The van der Waals surface area contributed by atoms with Gasteiger partial charge in [-0.05, 0) is 70.6 Å². The Balaban J connectivity index is 2.69. The van der Waals surface area contributed by atoms with Crippen LogP contribution in [-0.2, 0) is 42.9 Å². The Bertz CT molecular complexity index is 1620. The summed E-state index contributed by atoms with van der Waals surface area (Å²) < 4.78 is 28.3. The number of carbonyl (C=O) groups is 4. The maximum absolute atomic E-state index is 13.1. The Labute approximate surface area is 468 Å². The summed E-state index contributed by atoms with van der Waals surface area (Å²) in [7, 11) is 0. The molecular formula is C65H110O12. The second-order valence-electron chi connectivity index (χ2n) is 21.0. The number of ether oxygens (including phenoxy) is 5. The van der Waals surface area contributed by atoms with Crippen molar-refractivity contribution in [2.75, 3.05) is 13.2 Å². The second kappa shape index (κ2) is 52.8. The third kappa shape index (κ3) is 42.7. The van der Waals surface area contributed by atoms with E-state index in [4.69, 9.17) is 23.7 Å². The molecule has 6 atom stereocenters. The molecule has 0 saturated carbocycles. The van der Waals surface area contributed by atoms with Crippen LogP contribution < -0.4 is 0 Å². The molecule has 0 spiro atoms. The highest BCUT2D eigenvalue weighted by Crippen LogP contribution is 2.26. The van der Waals surface area contributed by atoms with Gasteiger partial charge in [0.15, 0.2) is 24.6 Å². The quantitative estimate of drug-likeness (QED) is 0.0228. The van der Waals surface area contributed by atoms with E-state index in [1.165, 1.54) is 122 Å². The first-order valence-electron chi connectivity index (χ1n) is 30.9. The lowest BCUT2D eigenvalue weighted by Gasteiger charge is -2.40. The molecule has 1 saturated heterocycles. The molecule has 0 aliphatic carbocycles. The molecule has 77 heavy (non-hydrogen) atoms. The van der Waals surface area contributed by atoms with Gasteiger partial charge in [0.05, 0.1) is 13.0 Å². The minimum absolute atomic E-state index is 0.142. The van der Waals surface area contributed by atoms with Crippen molar-refractivity contribution in [1.29, 1.82) is 0 Å². The summed E-state index contributed by atoms with van der Waals surface area (Å²) in [5.41, 5.74) is 0. The van der Waals surface area contributed by atoms with E-state index in [1.807, 2.05) is 12.2 Å². The van der Waals surface area contributed by atoms with Crippen molar-refractivity contribution in [3.05, 3.63) is 72.9 Å². The predicted octanol–water partition coefficient (Wildman–Crippen LogP) is 16.1. The van der Waals surface area contributed by atoms with Crippen LogP contribution in [0.2, 0.25) is 0 Å². The van der Waals surface area contributed by atoms with Crippen molar-refractivity contribution in [3.63, 3.8) is 0 Å². The van der Waals surface area contributed by atoms with Crippen molar-refractivity contribution in [2.45, 2.75) is 302 Å². The number of carbonyl (C=O) groups excluding carboxylic acids is 3. The van der Waals surface area contributed by atoms with Crippen molar-refractivity contribution in [2.24, 2.45) is 0 Å². The summed E-state index contributed by atoms with van der Waals surface area (Å²) >= 11 is 0. The van der Waals surface area contributed by atoms with Crippen LogP contribution in [0.3, 0.4) is 0 Å². The van der Waals surface area contributed by atoms with E-state index in [0.29, 0.717) is 19.3 Å². The fraction of sp³-hybridized carbons (Fsp3) is 0.754. The SMILES string of the molecule is CC/C=C\C/C=C\C/C=C\C/C=C\C/C=C\CC(=O)OC1C(OCC(COC(=O)CCCCCCCCCCCCCCCCCCCCC)OC(=O)CCCCCCC/C=C\CCCCCC)OC(C(=O)O)C(O)C1O. The zero-order valence-corrected chi connectivity index (χ0v) is 48.7. The molecule has 0 radical (unpaired) electrons. The largest absolute Gasteiger partial charge is 0.479 e. The molecule has 0 aromatic carbocycles. The zero-order valence-electron chi connectivity index (χ0n) is 48.7. The van der Waals surface area contributed by atoms with Gasteiger partial charge in [-0.3, -0.25) is 14.4 Å². The standard InChI is InChI=1S/C65H110O12/c1-4-7-10-13-16-19-22-25-27-28-29-30-32-34-36-39-42-45-48-51-57(66)73-54-56(75-58(67)52-49-46-43-40-37-33-24-21-18-15-12-9-6-3)55-74-65-63(61(70)60(69)62(77-65)64(71)72)76-59(68)53-50-47-44-41-38-35-31-26-23-20-17-14-11-8-5-2/h8,11,17,20-21,24,26,31,38,41,47,50,56,60-63,65,69-70H,4-7,9-10,12-16,18-19,22-23,25,27-30,32-37,39-40,42-46,48-49,51-55H2,1-3H3,(H,71,72)/b11-8-,20-17-,24-21-,31-26-,41-38-,50-47-. The van der Waals surface area contributed by atoms with E-state index in [-0.39, 0.29) is 25.9 Å². The van der Waals surface area contributed by atoms with Crippen LogP contribution in [0.1, 0.15) is 265 Å². The third-order valence-electron chi connectivity index (χ3n) is 13.8. The summed E-state index contributed by atoms with van der Waals surface area (Å²) in [6.45, 7) is 5.83. The number of aliphatic hydroxyl groups is 2. The lowest BCUT2D eigenvalue weighted by atomic mass is 9.98. The zero-order chi connectivity index (χ0) is 56.1. The Morgan fingerprint density at radius 3 is 1.31 bits per heavy atom. The highest BCUT2D eigenvalue weighted by molar-refractivity contribution is 5.74. The maximum Gasteiger partial charge on any atom is 0.335 e. The fourth-order valence-electron chi connectivity index (χ4n) is 9.09. The van der Waals surface area contributed by atoms with Crippen molar-refractivity contribution >= 4 is 23.9 Å². The van der Waals surface area contributed by atoms with Crippen LogP contribution in [0, 0.1) is 0 Å². The Kier molecular flexibility index (Phi) is 48.8.